The SMILES string of the molecule is CCCCNC(=O)CSc1nnc(CCc2ccccc2)n1CC. The minimum Gasteiger partial charge on any atom is -0.355 e. The van der Waals surface area contributed by atoms with Gasteiger partial charge in [-0.05, 0) is 25.3 Å². The van der Waals surface area contributed by atoms with Crippen LogP contribution in [0, 0.1) is 0 Å². The Bertz CT molecular complexity index is 627. The first kappa shape index (κ1) is 18.5. The number of nitrogens with one attached hydrogen (secondary N) is 1. The molecule has 0 atom stereocenters. The van der Waals surface area contributed by atoms with Crippen molar-refractivity contribution in [3.8, 4) is 0 Å². The summed E-state index contributed by atoms with van der Waals surface area (Å²) in [4.78, 5) is 11.8. The molecule has 0 radical (unpaired) electrons. The average Bonchev–Trinajstić information content (AvgIpc) is 3.01. The zero-order chi connectivity index (χ0) is 17.2. The molecule has 0 unspecified atom stereocenters. The summed E-state index contributed by atoms with van der Waals surface area (Å²) in [6.45, 7) is 5.76. The molecule has 130 valence electrons. The summed E-state index contributed by atoms with van der Waals surface area (Å²) in [7, 11) is 0. The first-order valence-corrected chi connectivity index (χ1v) is 9.58. The Balaban J connectivity index is 1.87. The Morgan fingerprint density at radius 3 is 2.67 bits per heavy atom. The number of aromatic nitrogens is 3. The standard InChI is InChI=1S/C18H26N4OS/c1-3-5-13-19-17(23)14-24-18-21-20-16(22(18)4-2)12-11-15-9-7-6-8-10-15/h6-10H,3-5,11-14H2,1-2H3,(H,19,23). The van der Waals surface area contributed by atoms with E-state index in [0.717, 1.165) is 49.8 Å². The summed E-state index contributed by atoms with van der Waals surface area (Å²) in [5.41, 5.74) is 1.30. The summed E-state index contributed by atoms with van der Waals surface area (Å²) in [6, 6.07) is 10.4. The van der Waals surface area contributed by atoms with Gasteiger partial charge in [-0.15, -0.1) is 10.2 Å². The van der Waals surface area contributed by atoms with Crippen molar-refractivity contribution in [2.24, 2.45) is 0 Å². The van der Waals surface area contributed by atoms with Gasteiger partial charge in [-0.2, -0.15) is 0 Å². The molecule has 5 nitrogen and oxygen atoms in total. The number of carbonyl (C=O) groups excluding carboxylic acids is 1. The molecule has 0 aliphatic rings. The van der Waals surface area contributed by atoms with Gasteiger partial charge in [-0.25, -0.2) is 0 Å². The normalized spacial score (nSPS) is 10.8. The quantitative estimate of drug-likeness (QED) is 0.530. The third-order valence-electron chi connectivity index (χ3n) is 3.77. The largest absolute Gasteiger partial charge is 0.355 e. The fourth-order valence-corrected chi connectivity index (χ4v) is 3.27. The zero-order valence-electron chi connectivity index (χ0n) is 14.5. The van der Waals surface area contributed by atoms with Crippen molar-refractivity contribution >= 4 is 17.7 Å². The molecule has 0 fully saturated rings. The van der Waals surface area contributed by atoms with Crippen LogP contribution in [0.5, 0.6) is 0 Å². The Hall–Kier alpha value is -1.82. The van der Waals surface area contributed by atoms with Crippen LogP contribution in [-0.2, 0) is 24.2 Å². The topological polar surface area (TPSA) is 59.8 Å². The van der Waals surface area contributed by atoms with Crippen LogP contribution in [0.2, 0.25) is 0 Å². The zero-order valence-corrected chi connectivity index (χ0v) is 15.3. The van der Waals surface area contributed by atoms with Gasteiger partial charge in [-0.1, -0.05) is 55.4 Å². The van der Waals surface area contributed by atoms with E-state index in [9.17, 15) is 4.79 Å². The second-order valence-corrected chi connectivity index (χ2v) is 6.56. The van der Waals surface area contributed by atoms with Crippen molar-refractivity contribution in [2.75, 3.05) is 12.3 Å². The van der Waals surface area contributed by atoms with Crippen LogP contribution in [0.1, 0.15) is 38.1 Å². The van der Waals surface area contributed by atoms with Gasteiger partial charge < -0.3 is 9.88 Å². The van der Waals surface area contributed by atoms with E-state index < -0.39 is 0 Å². The van der Waals surface area contributed by atoms with Crippen LogP contribution >= 0.6 is 11.8 Å². The molecule has 0 spiro atoms. The lowest BCUT2D eigenvalue weighted by molar-refractivity contribution is -0.118. The number of rotatable bonds is 10. The molecule has 24 heavy (non-hydrogen) atoms. The maximum absolute atomic E-state index is 11.8. The molecule has 0 bridgehead atoms. The van der Waals surface area contributed by atoms with Gasteiger partial charge in [0.2, 0.25) is 5.91 Å². The highest BCUT2D eigenvalue weighted by molar-refractivity contribution is 7.99. The van der Waals surface area contributed by atoms with Crippen LogP contribution in [-0.4, -0.2) is 33.0 Å². The Morgan fingerprint density at radius 2 is 1.96 bits per heavy atom. The summed E-state index contributed by atoms with van der Waals surface area (Å²) in [6.07, 6.45) is 3.91. The van der Waals surface area contributed by atoms with Gasteiger partial charge >= 0.3 is 0 Å². The van der Waals surface area contributed by atoms with E-state index in [2.05, 4.69) is 58.2 Å². The molecule has 6 heteroatoms. The maximum atomic E-state index is 11.8. The lowest BCUT2D eigenvalue weighted by Gasteiger charge is -2.08. The van der Waals surface area contributed by atoms with E-state index in [4.69, 9.17) is 0 Å². The van der Waals surface area contributed by atoms with Crippen molar-refractivity contribution in [1.82, 2.24) is 20.1 Å². The predicted octanol–water partition coefficient (Wildman–Crippen LogP) is 3.09. The van der Waals surface area contributed by atoms with Crippen molar-refractivity contribution in [1.29, 1.82) is 0 Å². The van der Waals surface area contributed by atoms with Gasteiger partial charge in [0.1, 0.15) is 5.82 Å². The van der Waals surface area contributed by atoms with Crippen molar-refractivity contribution in [2.45, 2.75) is 51.2 Å². The Labute approximate surface area is 148 Å². The van der Waals surface area contributed by atoms with Gasteiger partial charge in [0.25, 0.3) is 0 Å². The third-order valence-corrected chi connectivity index (χ3v) is 4.74. The Morgan fingerprint density at radius 1 is 1.17 bits per heavy atom. The molecule has 0 saturated heterocycles. The fourth-order valence-electron chi connectivity index (χ4n) is 2.41. The lowest BCUT2D eigenvalue weighted by Crippen LogP contribution is -2.26. The monoisotopic (exact) mass is 346 g/mol. The number of thioether (sulfide) groups is 1. The lowest BCUT2D eigenvalue weighted by atomic mass is 10.1. The molecule has 1 aromatic heterocycles. The maximum Gasteiger partial charge on any atom is 0.230 e. The molecule has 1 N–H and O–H groups in total. The highest BCUT2D eigenvalue weighted by Gasteiger charge is 2.13. The number of nitrogens with zero attached hydrogens (tertiary/aromatic N) is 3. The van der Waals surface area contributed by atoms with Gasteiger partial charge in [-0.3, -0.25) is 4.79 Å². The molecule has 1 amide bonds. The van der Waals surface area contributed by atoms with Crippen molar-refractivity contribution in [3.05, 3.63) is 41.7 Å². The van der Waals surface area contributed by atoms with E-state index in [-0.39, 0.29) is 5.91 Å². The highest BCUT2D eigenvalue weighted by Crippen LogP contribution is 2.18. The molecular weight excluding hydrogens is 320 g/mol. The summed E-state index contributed by atoms with van der Waals surface area (Å²) in [5.74, 6) is 1.43. The van der Waals surface area contributed by atoms with E-state index in [1.165, 1.54) is 17.3 Å². The molecular formula is C18H26N4OS. The number of hydrogen-bond acceptors (Lipinski definition) is 4. The smallest absolute Gasteiger partial charge is 0.230 e. The molecule has 0 aliphatic heterocycles. The number of carbonyl (C=O) groups is 1. The average molecular weight is 347 g/mol. The minimum absolute atomic E-state index is 0.0601. The van der Waals surface area contributed by atoms with E-state index in [1.807, 2.05) is 6.07 Å². The first-order valence-electron chi connectivity index (χ1n) is 8.60. The molecule has 2 rings (SSSR count). The fraction of sp³-hybridized carbons (Fsp3) is 0.500. The summed E-state index contributed by atoms with van der Waals surface area (Å²) in [5, 5.41) is 12.3. The van der Waals surface area contributed by atoms with Crippen molar-refractivity contribution in [3.63, 3.8) is 0 Å². The number of benzene rings is 1. The number of amides is 1. The van der Waals surface area contributed by atoms with Crippen molar-refractivity contribution < 1.29 is 4.79 Å². The van der Waals surface area contributed by atoms with E-state index in [0.29, 0.717) is 5.75 Å². The van der Waals surface area contributed by atoms with Crippen LogP contribution in [0.15, 0.2) is 35.5 Å². The Kier molecular flexibility index (Phi) is 7.82. The van der Waals surface area contributed by atoms with E-state index >= 15 is 0 Å². The molecule has 1 heterocycles. The molecule has 2 aromatic rings. The second-order valence-electron chi connectivity index (χ2n) is 5.62. The third kappa shape index (κ3) is 5.67. The van der Waals surface area contributed by atoms with Crippen LogP contribution < -0.4 is 5.32 Å². The second kappa shape index (κ2) is 10.1. The summed E-state index contributed by atoms with van der Waals surface area (Å²) >= 11 is 1.46. The van der Waals surface area contributed by atoms with Gasteiger partial charge in [0, 0.05) is 19.5 Å². The van der Waals surface area contributed by atoms with Crippen LogP contribution in [0.4, 0.5) is 0 Å². The van der Waals surface area contributed by atoms with Crippen LogP contribution in [0.3, 0.4) is 0 Å². The number of aryl methyl sites for hydroxylation is 2. The van der Waals surface area contributed by atoms with Gasteiger partial charge in [0.15, 0.2) is 5.16 Å². The molecule has 1 aromatic carbocycles. The summed E-state index contributed by atoms with van der Waals surface area (Å²) < 4.78 is 2.10. The number of unbranched alkanes of at least 4 members (excludes halogenated alkanes) is 1. The van der Waals surface area contributed by atoms with Crippen LogP contribution in [0.25, 0.3) is 0 Å². The minimum atomic E-state index is 0.0601. The first-order chi connectivity index (χ1) is 11.7. The molecule has 0 aliphatic carbocycles. The molecule has 0 saturated carbocycles. The van der Waals surface area contributed by atoms with Gasteiger partial charge in [0.05, 0.1) is 5.75 Å². The van der Waals surface area contributed by atoms with E-state index in [1.54, 1.807) is 0 Å². The highest BCUT2D eigenvalue weighted by atomic mass is 32.2. The predicted molar refractivity (Wildman–Crippen MR) is 98.2 cm³/mol. The number of hydrogen-bond donors (Lipinski definition) is 1.